The van der Waals surface area contributed by atoms with Crippen molar-refractivity contribution in [3.8, 4) is 0 Å². The predicted molar refractivity (Wildman–Crippen MR) is 115 cm³/mol. The standard InChI is InChI=1S/C24H35N2O2/c1-5-26(6-2,7-3)20-23(24(27)28-4)25(18-21-14-10-8-11-15-21)19-22-16-12-9-13-17-22/h8-17,23H,5-7,18-20H2,1-4H3/q+1. The van der Waals surface area contributed by atoms with Crippen LogP contribution in [-0.4, -0.2) is 54.7 Å². The third-order valence-corrected chi connectivity index (χ3v) is 5.94. The van der Waals surface area contributed by atoms with Gasteiger partial charge in [-0.15, -0.1) is 0 Å². The first-order chi connectivity index (χ1) is 13.6. The van der Waals surface area contributed by atoms with E-state index < -0.39 is 0 Å². The number of likely N-dealkylation sites (N-methyl/N-ethyl adjacent to an activating group) is 1. The van der Waals surface area contributed by atoms with E-state index in [9.17, 15) is 4.79 Å². The van der Waals surface area contributed by atoms with Crippen molar-refractivity contribution in [2.24, 2.45) is 0 Å². The molecule has 0 spiro atoms. The Morgan fingerprint density at radius 2 is 1.29 bits per heavy atom. The van der Waals surface area contributed by atoms with Crippen LogP contribution in [0.5, 0.6) is 0 Å². The van der Waals surface area contributed by atoms with E-state index in [1.807, 2.05) is 36.4 Å². The number of benzene rings is 2. The Morgan fingerprint density at radius 1 is 0.857 bits per heavy atom. The van der Waals surface area contributed by atoms with Gasteiger partial charge in [0.1, 0.15) is 6.54 Å². The van der Waals surface area contributed by atoms with Crippen LogP contribution >= 0.6 is 0 Å². The molecule has 0 heterocycles. The van der Waals surface area contributed by atoms with Crippen LogP contribution in [0.2, 0.25) is 0 Å². The van der Waals surface area contributed by atoms with Gasteiger partial charge in [0.25, 0.3) is 0 Å². The summed E-state index contributed by atoms with van der Waals surface area (Å²) in [5, 5.41) is 0. The van der Waals surface area contributed by atoms with Crippen LogP contribution in [0.15, 0.2) is 60.7 Å². The number of carbonyl (C=O) groups is 1. The Morgan fingerprint density at radius 3 is 1.64 bits per heavy atom. The zero-order chi connectivity index (χ0) is 20.4. The topological polar surface area (TPSA) is 29.5 Å². The zero-order valence-corrected chi connectivity index (χ0v) is 17.8. The van der Waals surface area contributed by atoms with E-state index in [0.717, 1.165) is 30.7 Å². The molecule has 1 unspecified atom stereocenters. The summed E-state index contributed by atoms with van der Waals surface area (Å²) in [4.78, 5) is 15.2. The maximum atomic E-state index is 12.9. The maximum Gasteiger partial charge on any atom is 0.329 e. The highest BCUT2D eigenvalue weighted by Gasteiger charge is 2.35. The van der Waals surface area contributed by atoms with Crippen LogP contribution in [0, 0.1) is 0 Å². The van der Waals surface area contributed by atoms with Crippen LogP contribution in [0.4, 0.5) is 0 Å². The van der Waals surface area contributed by atoms with Crippen LogP contribution in [0.1, 0.15) is 31.9 Å². The van der Waals surface area contributed by atoms with Gasteiger partial charge in [-0.1, -0.05) is 60.7 Å². The number of hydrogen-bond acceptors (Lipinski definition) is 3. The minimum absolute atomic E-state index is 0.148. The molecule has 0 aliphatic rings. The van der Waals surface area contributed by atoms with Crippen LogP contribution in [-0.2, 0) is 22.6 Å². The Labute approximate surface area is 170 Å². The molecule has 0 N–H and O–H groups in total. The molecular weight excluding hydrogens is 348 g/mol. The molecular formula is C24H35N2O2+. The number of methoxy groups -OCH3 is 1. The van der Waals surface area contributed by atoms with Gasteiger partial charge in [0.2, 0.25) is 0 Å². The first kappa shape index (κ1) is 22.1. The third kappa shape index (κ3) is 5.91. The minimum atomic E-state index is -0.287. The number of hydrogen-bond donors (Lipinski definition) is 0. The lowest BCUT2D eigenvalue weighted by atomic mass is 10.1. The molecule has 0 fully saturated rings. The first-order valence-electron chi connectivity index (χ1n) is 10.3. The van der Waals surface area contributed by atoms with Gasteiger partial charge in [-0.2, -0.15) is 0 Å². The van der Waals surface area contributed by atoms with Gasteiger partial charge in [0.15, 0.2) is 6.04 Å². The number of ether oxygens (including phenoxy) is 1. The van der Waals surface area contributed by atoms with E-state index in [1.165, 1.54) is 18.2 Å². The Balaban J connectivity index is 2.37. The van der Waals surface area contributed by atoms with Crippen molar-refractivity contribution in [2.45, 2.75) is 39.9 Å². The van der Waals surface area contributed by atoms with E-state index in [-0.39, 0.29) is 12.0 Å². The van der Waals surface area contributed by atoms with Gasteiger partial charge >= 0.3 is 5.97 Å². The highest BCUT2D eigenvalue weighted by molar-refractivity contribution is 5.75. The van der Waals surface area contributed by atoms with Gasteiger partial charge in [-0.25, -0.2) is 0 Å². The summed E-state index contributed by atoms with van der Waals surface area (Å²) in [6.45, 7) is 11.8. The van der Waals surface area contributed by atoms with Crippen molar-refractivity contribution in [1.82, 2.24) is 4.90 Å². The molecule has 1 atom stereocenters. The second kappa shape index (κ2) is 11.0. The Hall–Kier alpha value is -2.17. The normalized spacial score (nSPS) is 12.8. The molecule has 152 valence electrons. The molecule has 0 aliphatic heterocycles. The van der Waals surface area contributed by atoms with Crippen LogP contribution in [0.3, 0.4) is 0 Å². The minimum Gasteiger partial charge on any atom is -0.468 e. The fourth-order valence-corrected chi connectivity index (χ4v) is 3.81. The van der Waals surface area contributed by atoms with E-state index in [2.05, 4.69) is 49.9 Å². The number of nitrogens with zero attached hydrogens (tertiary/aromatic N) is 2. The summed E-state index contributed by atoms with van der Waals surface area (Å²) in [6, 6.07) is 20.4. The van der Waals surface area contributed by atoms with Gasteiger partial charge in [-0.3, -0.25) is 9.69 Å². The second-order valence-corrected chi connectivity index (χ2v) is 7.39. The maximum absolute atomic E-state index is 12.9. The van der Waals surface area contributed by atoms with E-state index in [4.69, 9.17) is 4.74 Å². The molecule has 0 radical (unpaired) electrons. The Kier molecular flexibility index (Phi) is 8.68. The second-order valence-electron chi connectivity index (χ2n) is 7.39. The largest absolute Gasteiger partial charge is 0.468 e. The lowest BCUT2D eigenvalue weighted by Crippen LogP contribution is -2.58. The molecule has 2 aromatic carbocycles. The number of esters is 1. The summed E-state index contributed by atoms with van der Waals surface area (Å²) in [7, 11) is 1.50. The van der Waals surface area contributed by atoms with Crippen molar-refractivity contribution in [3.63, 3.8) is 0 Å². The Bertz CT molecular complexity index is 649. The molecule has 0 saturated carbocycles. The number of carbonyl (C=O) groups excluding carboxylic acids is 1. The molecule has 0 saturated heterocycles. The number of quaternary nitrogens is 1. The van der Waals surface area contributed by atoms with Crippen molar-refractivity contribution in [1.29, 1.82) is 0 Å². The molecule has 4 nitrogen and oxygen atoms in total. The summed E-state index contributed by atoms with van der Waals surface area (Å²) < 4.78 is 6.16. The highest BCUT2D eigenvalue weighted by Crippen LogP contribution is 2.19. The first-order valence-corrected chi connectivity index (χ1v) is 10.3. The lowest BCUT2D eigenvalue weighted by Gasteiger charge is -2.41. The molecule has 0 aromatic heterocycles. The monoisotopic (exact) mass is 383 g/mol. The zero-order valence-electron chi connectivity index (χ0n) is 17.8. The van der Waals surface area contributed by atoms with Crippen LogP contribution < -0.4 is 0 Å². The molecule has 2 aromatic rings. The summed E-state index contributed by atoms with van der Waals surface area (Å²) >= 11 is 0. The number of rotatable bonds is 11. The molecule has 0 bridgehead atoms. The average Bonchev–Trinajstić information content (AvgIpc) is 2.76. The molecule has 4 heteroatoms. The van der Waals surface area contributed by atoms with Gasteiger partial charge in [-0.05, 0) is 31.9 Å². The lowest BCUT2D eigenvalue weighted by molar-refractivity contribution is -0.924. The molecule has 0 aliphatic carbocycles. The predicted octanol–water partition coefficient (Wildman–Crippen LogP) is 4.11. The summed E-state index contributed by atoms with van der Waals surface area (Å²) in [6.07, 6.45) is 0. The van der Waals surface area contributed by atoms with E-state index >= 15 is 0 Å². The van der Waals surface area contributed by atoms with Crippen molar-refractivity contribution < 1.29 is 14.0 Å². The van der Waals surface area contributed by atoms with Crippen molar-refractivity contribution in [3.05, 3.63) is 71.8 Å². The van der Waals surface area contributed by atoms with Crippen molar-refractivity contribution in [2.75, 3.05) is 33.3 Å². The smallest absolute Gasteiger partial charge is 0.329 e. The highest BCUT2D eigenvalue weighted by atomic mass is 16.5. The molecule has 2 rings (SSSR count). The fourth-order valence-electron chi connectivity index (χ4n) is 3.81. The van der Waals surface area contributed by atoms with E-state index in [1.54, 1.807) is 0 Å². The summed E-state index contributed by atoms with van der Waals surface area (Å²) in [5.41, 5.74) is 2.41. The van der Waals surface area contributed by atoms with E-state index in [0.29, 0.717) is 13.1 Å². The van der Waals surface area contributed by atoms with Gasteiger partial charge < -0.3 is 9.22 Å². The molecule has 28 heavy (non-hydrogen) atoms. The third-order valence-electron chi connectivity index (χ3n) is 5.94. The quantitative estimate of drug-likeness (QED) is 0.432. The van der Waals surface area contributed by atoms with Gasteiger partial charge in [0, 0.05) is 13.1 Å². The van der Waals surface area contributed by atoms with Crippen LogP contribution in [0.25, 0.3) is 0 Å². The summed E-state index contributed by atoms with van der Waals surface area (Å²) in [5.74, 6) is -0.148. The fraction of sp³-hybridized carbons (Fsp3) is 0.458. The van der Waals surface area contributed by atoms with Gasteiger partial charge in [0.05, 0.1) is 26.7 Å². The molecule has 0 amide bonds. The SMILES string of the molecule is CC[N+](CC)(CC)CC(C(=O)OC)N(Cc1ccccc1)Cc1ccccc1. The van der Waals surface area contributed by atoms with Crippen molar-refractivity contribution >= 4 is 5.97 Å². The average molecular weight is 384 g/mol.